The van der Waals surface area contributed by atoms with Gasteiger partial charge in [-0.3, -0.25) is 4.79 Å². The molecule has 0 amide bonds. The third kappa shape index (κ3) is 5.39. The summed E-state index contributed by atoms with van der Waals surface area (Å²) in [6.07, 6.45) is -8.91. The predicted molar refractivity (Wildman–Crippen MR) is 68.8 cm³/mol. The van der Waals surface area contributed by atoms with Gasteiger partial charge in [0, 0.05) is 11.6 Å². The van der Waals surface area contributed by atoms with Crippen molar-refractivity contribution in [2.75, 3.05) is 7.11 Å². The van der Waals surface area contributed by atoms with E-state index in [4.69, 9.17) is 5.73 Å². The molecule has 0 aliphatic carbocycles. The Morgan fingerprint density at radius 1 is 1.33 bits per heavy atom. The van der Waals surface area contributed by atoms with Gasteiger partial charge >= 0.3 is 18.5 Å². The minimum Gasteiger partial charge on any atom is -0.469 e. The highest BCUT2D eigenvalue weighted by molar-refractivity contribution is 5.85. The highest BCUT2D eigenvalue weighted by atomic mass is 35.5. The average Bonchev–Trinajstić information content (AvgIpc) is 2.38. The smallest absolute Gasteiger partial charge is 0.461 e. The Labute approximate surface area is 124 Å². The number of halogens is 5. The quantitative estimate of drug-likeness (QED) is 0.643. The number of carbonyl (C=O) groups excluding carboxylic acids is 1. The summed E-state index contributed by atoms with van der Waals surface area (Å²) in [6.45, 7) is 0. The van der Waals surface area contributed by atoms with Gasteiger partial charge in [-0.2, -0.15) is 17.6 Å². The maximum atomic E-state index is 12.9. The lowest BCUT2D eigenvalue weighted by atomic mass is 10.0. The highest BCUT2D eigenvalue weighted by Crippen LogP contribution is 2.32. The molecule has 0 aliphatic rings. The number of esters is 1. The van der Waals surface area contributed by atoms with Gasteiger partial charge in [-0.15, -0.1) is 12.4 Å². The number of para-hydroxylation sites is 1. The van der Waals surface area contributed by atoms with Gasteiger partial charge in [-0.1, -0.05) is 18.2 Å². The molecule has 1 rings (SSSR count). The first kappa shape index (κ1) is 19.5. The van der Waals surface area contributed by atoms with Crippen molar-refractivity contribution < 1.29 is 31.8 Å². The van der Waals surface area contributed by atoms with Crippen LogP contribution in [0.5, 0.6) is 5.75 Å². The summed E-state index contributed by atoms with van der Waals surface area (Å²) in [7, 11) is 1.14. The number of hydrogen-bond acceptors (Lipinski definition) is 4. The Bertz CT molecular complexity index is 474. The second-order valence-electron chi connectivity index (χ2n) is 3.89. The first-order valence-corrected chi connectivity index (χ1v) is 5.54. The molecule has 0 heterocycles. The largest absolute Gasteiger partial charge is 0.469 e. The van der Waals surface area contributed by atoms with Gasteiger partial charge in [0.2, 0.25) is 0 Å². The number of methoxy groups -OCH3 is 1. The summed E-state index contributed by atoms with van der Waals surface area (Å²) >= 11 is 0. The Hall–Kier alpha value is -1.54. The topological polar surface area (TPSA) is 61.5 Å². The zero-order valence-corrected chi connectivity index (χ0v) is 11.7. The predicted octanol–water partition coefficient (Wildman–Crippen LogP) is 2.91. The molecule has 4 nitrogen and oxygen atoms in total. The molecule has 1 aromatic rings. The van der Waals surface area contributed by atoms with Gasteiger partial charge in [0.1, 0.15) is 5.75 Å². The third-order valence-electron chi connectivity index (χ3n) is 2.43. The summed E-state index contributed by atoms with van der Waals surface area (Å²) in [5.41, 5.74) is 5.67. The van der Waals surface area contributed by atoms with E-state index in [1.54, 1.807) is 0 Å². The van der Waals surface area contributed by atoms with Crippen molar-refractivity contribution in [2.45, 2.75) is 25.0 Å². The summed E-state index contributed by atoms with van der Waals surface area (Å²) in [6, 6.07) is 4.16. The minimum absolute atomic E-state index is 0. The van der Waals surface area contributed by atoms with E-state index in [0.29, 0.717) is 0 Å². The van der Waals surface area contributed by atoms with E-state index < -0.39 is 30.3 Å². The molecule has 0 saturated carbocycles. The number of nitrogens with two attached hydrogens (primary N) is 1. The Morgan fingerprint density at radius 3 is 2.43 bits per heavy atom. The van der Waals surface area contributed by atoms with Gasteiger partial charge in [0.05, 0.1) is 13.5 Å². The Morgan fingerprint density at radius 2 is 1.90 bits per heavy atom. The molecular formula is C12H14ClF4NO3. The molecule has 0 bridgehead atoms. The van der Waals surface area contributed by atoms with E-state index in [0.717, 1.165) is 13.2 Å². The lowest BCUT2D eigenvalue weighted by Crippen LogP contribution is -2.34. The summed E-state index contributed by atoms with van der Waals surface area (Å²) < 4.78 is 58.4. The standard InChI is InChI=1S/C12H13F4NO3.ClH/c1-19-10(18)6-8(17)7-4-2-3-5-9(7)20-12(15,16)11(13)14;/h2-5,8,11H,6,17H2,1H3;1H/t8-;/m1./s1. The summed E-state index contributed by atoms with van der Waals surface area (Å²) in [4.78, 5) is 11.1. The molecule has 120 valence electrons. The molecule has 0 radical (unpaired) electrons. The first-order valence-electron chi connectivity index (χ1n) is 5.54. The van der Waals surface area contributed by atoms with E-state index in [-0.39, 0.29) is 24.4 Å². The van der Waals surface area contributed by atoms with Crippen molar-refractivity contribution in [1.82, 2.24) is 0 Å². The molecule has 1 aromatic carbocycles. The molecule has 0 aliphatic heterocycles. The lowest BCUT2D eigenvalue weighted by Gasteiger charge is -2.21. The first-order chi connectivity index (χ1) is 9.27. The van der Waals surface area contributed by atoms with Crippen molar-refractivity contribution in [1.29, 1.82) is 0 Å². The lowest BCUT2D eigenvalue weighted by molar-refractivity contribution is -0.253. The van der Waals surface area contributed by atoms with Crippen LogP contribution in [0.15, 0.2) is 24.3 Å². The van der Waals surface area contributed by atoms with Crippen molar-refractivity contribution >= 4 is 18.4 Å². The van der Waals surface area contributed by atoms with Crippen LogP contribution in [0.2, 0.25) is 0 Å². The number of alkyl halides is 4. The average molecular weight is 332 g/mol. The third-order valence-corrected chi connectivity index (χ3v) is 2.43. The van der Waals surface area contributed by atoms with Crippen LogP contribution < -0.4 is 10.5 Å². The van der Waals surface area contributed by atoms with Gasteiger partial charge in [-0.05, 0) is 6.07 Å². The van der Waals surface area contributed by atoms with Crippen LogP contribution >= 0.6 is 12.4 Å². The number of hydrogen-bond donors (Lipinski definition) is 1. The second kappa shape index (κ2) is 8.04. The number of carbonyl (C=O) groups is 1. The van der Waals surface area contributed by atoms with Gasteiger partial charge in [0.15, 0.2) is 0 Å². The van der Waals surface area contributed by atoms with Gasteiger partial charge in [-0.25, -0.2) is 0 Å². The fourth-order valence-electron chi connectivity index (χ4n) is 1.44. The second-order valence-corrected chi connectivity index (χ2v) is 3.89. The SMILES string of the molecule is COC(=O)C[C@@H](N)c1ccccc1OC(F)(F)C(F)F.Cl. The van der Waals surface area contributed by atoms with E-state index in [1.807, 2.05) is 0 Å². The molecule has 0 fully saturated rings. The number of ether oxygens (including phenoxy) is 2. The van der Waals surface area contributed by atoms with Crippen LogP contribution in [0.25, 0.3) is 0 Å². The fraction of sp³-hybridized carbons (Fsp3) is 0.417. The van der Waals surface area contributed by atoms with E-state index in [2.05, 4.69) is 9.47 Å². The van der Waals surface area contributed by atoms with Crippen LogP contribution in [0.3, 0.4) is 0 Å². The molecule has 9 heteroatoms. The molecule has 1 atom stereocenters. The van der Waals surface area contributed by atoms with E-state index in [9.17, 15) is 22.4 Å². The fourth-order valence-corrected chi connectivity index (χ4v) is 1.44. The van der Waals surface area contributed by atoms with Crippen molar-refractivity contribution in [3.63, 3.8) is 0 Å². The molecule has 21 heavy (non-hydrogen) atoms. The molecular weight excluding hydrogens is 318 g/mol. The zero-order valence-electron chi connectivity index (χ0n) is 10.9. The van der Waals surface area contributed by atoms with Crippen LogP contribution in [0, 0.1) is 0 Å². The maximum Gasteiger partial charge on any atom is 0.461 e. The van der Waals surface area contributed by atoms with Crippen molar-refractivity contribution in [2.24, 2.45) is 5.73 Å². The molecule has 0 unspecified atom stereocenters. The molecule has 0 saturated heterocycles. The molecule has 2 N–H and O–H groups in total. The van der Waals surface area contributed by atoms with Gasteiger partial charge in [0.25, 0.3) is 0 Å². The highest BCUT2D eigenvalue weighted by Gasteiger charge is 2.44. The monoisotopic (exact) mass is 331 g/mol. The molecule has 0 aromatic heterocycles. The number of benzene rings is 1. The Kier molecular flexibility index (Phi) is 7.45. The molecule has 0 spiro atoms. The van der Waals surface area contributed by atoms with E-state index in [1.165, 1.54) is 18.2 Å². The van der Waals surface area contributed by atoms with Crippen molar-refractivity contribution in [3.05, 3.63) is 29.8 Å². The maximum absolute atomic E-state index is 12.9. The van der Waals surface area contributed by atoms with Gasteiger partial charge < -0.3 is 15.2 Å². The zero-order chi connectivity index (χ0) is 15.3. The van der Waals surface area contributed by atoms with Crippen molar-refractivity contribution in [3.8, 4) is 5.75 Å². The van der Waals surface area contributed by atoms with Crippen LogP contribution in [0.1, 0.15) is 18.0 Å². The minimum atomic E-state index is -4.64. The normalized spacial score (nSPS) is 12.5. The van der Waals surface area contributed by atoms with E-state index >= 15 is 0 Å². The number of rotatable bonds is 6. The van der Waals surface area contributed by atoms with Crippen LogP contribution in [0.4, 0.5) is 17.6 Å². The summed E-state index contributed by atoms with van der Waals surface area (Å²) in [5, 5.41) is 0. The van der Waals surface area contributed by atoms with Crippen LogP contribution in [-0.2, 0) is 9.53 Å². The Balaban J connectivity index is 0.00000400. The van der Waals surface area contributed by atoms with Crippen LogP contribution in [-0.4, -0.2) is 25.6 Å². The summed E-state index contributed by atoms with van der Waals surface area (Å²) in [5.74, 6) is -1.16.